The van der Waals surface area contributed by atoms with Gasteiger partial charge in [0.2, 0.25) is 5.95 Å². The van der Waals surface area contributed by atoms with Gasteiger partial charge in [0.15, 0.2) is 5.82 Å². The molecule has 0 saturated carbocycles. The molecule has 1 fully saturated rings. The second-order valence-corrected chi connectivity index (χ2v) is 7.92. The van der Waals surface area contributed by atoms with Crippen molar-refractivity contribution in [3.05, 3.63) is 59.9 Å². The van der Waals surface area contributed by atoms with Crippen molar-refractivity contribution < 1.29 is 4.39 Å². The van der Waals surface area contributed by atoms with E-state index in [-0.39, 0.29) is 12.1 Å². The molecular weight excluding hydrogens is 367 g/mol. The van der Waals surface area contributed by atoms with E-state index < -0.39 is 5.95 Å². The number of pyridine rings is 2. The molecule has 7 heteroatoms. The summed E-state index contributed by atoms with van der Waals surface area (Å²) >= 11 is 0. The lowest BCUT2D eigenvalue weighted by Crippen LogP contribution is -2.47. The van der Waals surface area contributed by atoms with Crippen LogP contribution in [0.2, 0.25) is 0 Å². The Morgan fingerprint density at radius 1 is 1.10 bits per heavy atom. The zero-order valence-electron chi connectivity index (χ0n) is 16.6. The van der Waals surface area contributed by atoms with Crippen LogP contribution >= 0.6 is 0 Å². The van der Waals surface area contributed by atoms with E-state index in [0.717, 1.165) is 48.3 Å². The predicted molar refractivity (Wildman–Crippen MR) is 110 cm³/mol. The van der Waals surface area contributed by atoms with E-state index in [9.17, 15) is 4.39 Å². The van der Waals surface area contributed by atoms with Crippen LogP contribution in [0.25, 0.3) is 11.5 Å². The van der Waals surface area contributed by atoms with Crippen molar-refractivity contribution in [1.82, 2.24) is 19.9 Å². The maximum Gasteiger partial charge on any atom is 0.216 e. The SMILES string of the molecule is CN(C)c1cc(F)nc(N2C3CCCC2c2cnc(-c4ccccn4)nc2C3)c1. The molecule has 0 amide bonds. The van der Waals surface area contributed by atoms with Crippen molar-refractivity contribution in [2.24, 2.45) is 0 Å². The van der Waals surface area contributed by atoms with E-state index in [0.29, 0.717) is 11.6 Å². The Kier molecular flexibility index (Phi) is 4.38. The van der Waals surface area contributed by atoms with Gasteiger partial charge in [-0.05, 0) is 31.4 Å². The summed E-state index contributed by atoms with van der Waals surface area (Å²) in [4.78, 5) is 22.3. The lowest BCUT2D eigenvalue weighted by molar-refractivity contribution is 0.353. The molecule has 2 bridgehead atoms. The standard InChI is InChI=1S/C22H23FN6/c1-28(2)15-11-20(23)27-21(12-15)29-14-6-5-8-19(29)16-13-25-22(26-18(16)10-14)17-7-3-4-9-24-17/h3-4,7,9,11-14,19H,5-6,8,10H2,1-2H3. The van der Waals surface area contributed by atoms with E-state index in [2.05, 4.69) is 19.9 Å². The third-order valence-corrected chi connectivity index (χ3v) is 5.87. The summed E-state index contributed by atoms with van der Waals surface area (Å²) in [5.74, 6) is 0.911. The number of piperidine rings is 1. The van der Waals surface area contributed by atoms with Crippen LogP contribution in [0.4, 0.5) is 15.9 Å². The first kappa shape index (κ1) is 18.0. The highest BCUT2D eigenvalue weighted by molar-refractivity contribution is 5.58. The van der Waals surface area contributed by atoms with Crippen LogP contribution in [0, 0.1) is 5.95 Å². The van der Waals surface area contributed by atoms with Crippen LogP contribution in [0.15, 0.2) is 42.7 Å². The van der Waals surface area contributed by atoms with Crippen molar-refractivity contribution in [3.8, 4) is 11.5 Å². The summed E-state index contributed by atoms with van der Waals surface area (Å²) < 4.78 is 14.3. The topological polar surface area (TPSA) is 58.0 Å². The highest BCUT2D eigenvalue weighted by Crippen LogP contribution is 2.44. The Bertz CT molecular complexity index is 1040. The Hall–Kier alpha value is -3.09. The molecule has 2 unspecified atom stereocenters. The van der Waals surface area contributed by atoms with Gasteiger partial charge in [-0.1, -0.05) is 6.07 Å². The fraction of sp³-hybridized carbons (Fsp3) is 0.364. The number of fused-ring (bicyclic) bond motifs is 4. The molecule has 6 nitrogen and oxygen atoms in total. The molecule has 3 aromatic heterocycles. The van der Waals surface area contributed by atoms with Crippen LogP contribution < -0.4 is 9.80 Å². The molecular formula is C22H23FN6. The number of aromatic nitrogens is 4. The largest absolute Gasteiger partial charge is 0.377 e. The van der Waals surface area contributed by atoms with Gasteiger partial charge >= 0.3 is 0 Å². The zero-order valence-corrected chi connectivity index (χ0v) is 16.6. The van der Waals surface area contributed by atoms with Crippen LogP contribution in [-0.4, -0.2) is 40.1 Å². The van der Waals surface area contributed by atoms with E-state index in [1.807, 2.05) is 49.5 Å². The van der Waals surface area contributed by atoms with Crippen LogP contribution in [0.1, 0.15) is 36.6 Å². The van der Waals surface area contributed by atoms with Crippen molar-refractivity contribution in [2.45, 2.75) is 37.8 Å². The van der Waals surface area contributed by atoms with Crippen LogP contribution in [0.5, 0.6) is 0 Å². The maximum atomic E-state index is 14.3. The van der Waals surface area contributed by atoms with E-state index in [4.69, 9.17) is 4.98 Å². The van der Waals surface area contributed by atoms with Gasteiger partial charge in [0.1, 0.15) is 11.5 Å². The molecule has 148 valence electrons. The molecule has 0 N–H and O–H groups in total. The first-order valence-corrected chi connectivity index (χ1v) is 10.0. The Balaban J connectivity index is 1.56. The van der Waals surface area contributed by atoms with E-state index >= 15 is 0 Å². The van der Waals surface area contributed by atoms with Gasteiger partial charge in [-0.2, -0.15) is 4.39 Å². The molecule has 0 radical (unpaired) electrons. The molecule has 5 heterocycles. The maximum absolute atomic E-state index is 14.3. The Morgan fingerprint density at radius 2 is 2.00 bits per heavy atom. The highest BCUT2D eigenvalue weighted by Gasteiger charge is 2.39. The van der Waals surface area contributed by atoms with Crippen molar-refractivity contribution in [1.29, 1.82) is 0 Å². The predicted octanol–water partition coefficient (Wildman–Crippen LogP) is 3.80. The molecule has 3 aromatic rings. The molecule has 0 spiro atoms. The molecule has 29 heavy (non-hydrogen) atoms. The number of anilines is 2. The average Bonchev–Trinajstić information content (AvgIpc) is 2.73. The van der Waals surface area contributed by atoms with Gasteiger partial charge in [0.25, 0.3) is 0 Å². The third-order valence-electron chi connectivity index (χ3n) is 5.87. The molecule has 0 aromatic carbocycles. The third kappa shape index (κ3) is 3.20. The molecule has 2 aliphatic rings. The van der Waals surface area contributed by atoms with E-state index in [1.165, 1.54) is 6.07 Å². The summed E-state index contributed by atoms with van der Waals surface area (Å²) in [5, 5.41) is 0. The smallest absolute Gasteiger partial charge is 0.216 e. The van der Waals surface area contributed by atoms with Crippen molar-refractivity contribution in [2.75, 3.05) is 23.9 Å². The number of halogens is 1. The summed E-state index contributed by atoms with van der Waals surface area (Å²) in [5.41, 5.74) is 3.80. The normalized spacial score (nSPS) is 20.3. The minimum Gasteiger partial charge on any atom is -0.377 e. The second kappa shape index (κ2) is 7.06. The zero-order chi connectivity index (χ0) is 20.0. The minimum atomic E-state index is -0.447. The monoisotopic (exact) mass is 390 g/mol. The Morgan fingerprint density at radius 3 is 2.79 bits per heavy atom. The van der Waals surface area contributed by atoms with Gasteiger partial charge < -0.3 is 9.80 Å². The summed E-state index contributed by atoms with van der Waals surface area (Å²) in [6.07, 6.45) is 7.68. The van der Waals surface area contributed by atoms with Gasteiger partial charge in [0, 0.05) is 62.3 Å². The molecule has 1 saturated heterocycles. The lowest BCUT2D eigenvalue weighted by Gasteiger charge is -2.47. The fourth-order valence-corrected chi connectivity index (χ4v) is 4.50. The van der Waals surface area contributed by atoms with Gasteiger partial charge in [-0.25, -0.2) is 15.0 Å². The van der Waals surface area contributed by atoms with Crippen LogP contribution in [0.3, 0.4) is 0 Å². The number of rotatable bonds is 3. The van der Waals surface area contributed by atoms with Gasteiger partial charge in [-0.15, -0.1) is 0 Å². The highest BCUT2D eigenvalue weighted by atomic mass is 19.1. The molecule has 2 atom stereocenters. The Labute approximate surface area is 169 Å². The summed E-state index contributed by atoms with van der Waals surface area (Å²) in [6.45, 7) is 0. The lowest BCUT2D eigenvalue weighted by atomic mass is 9.82. The number of hydrogen-bond acceptors (Lipinski definition) is 6. The average molecular weight is 390 g/mol. The number of nitrogens with zero attached hydrogens (tertiary/aromatic N) is 6. The first-order chi connectivity index (χ1) is 14.1. The summed E-state index contributed by atoms with van der Waals surface area (Å²) in [7, 11) is 3.83. The molecule has 0 aliphatic carbocycles. The first-order valence-electron chi connectivity index (χ1n) is 10.0. The van der Waals surface area contributed by atoms with Gasteiger partial charge in [-0.3, -0.25) is 4.98 Å². The molecule has 5 rings (SSSR count). The van der Waals surface area contributed by atoms with E-state index in [1.54, 1.807) is 6.20 Å². The minimum absolute atomic E-state index is 0.125. The fourth-order valence-electron chi connectivity index (χ4n) is 4.50. The van der Waals surface area contributed by atoms with Gasteiger partial charge in [0.05, 0.1) is 11.7 Å². The van der Waals surface area contributed by atoms with Crippen LogP contribution in [-0.2, 0) is 6.42 Å². The van der Waals surface area contributed by atoms with Crippen molar-refractivity contribution in [3.63, 3.8) is 0 Å². The van der Waals surface area contributed by atoms with Crippen molar-refractivity contribution >= 4 is 11.5 Å². The summed E-state index contributed by atoms with van der Waals surface area (Å²) in [6, 6.07) is 9.59. The number of hydrogen-bond donors (Lipinski definition) is 0. The second-order valence-electron chi connectivity index (χ2n) is 7.92. The quantitative estimate of drug-likeness (QED) is 0.634. The molecule has 2 aliphatic heterocycles.